The van der Waals surface area contributed by atoms with Crippen LogP contribution in [0.5, 0.6) is 0 Å². The molecule has 0 amide bonds. The highest BCUT2D eigenvalue weighted by Crippen LogP contribution is 2.28. The topological polar surface area (TPSA) is 97.6 Å². The molecule has 170 valence electrons. The molecule has 0 saturated carbocycles. The molecule has 28 heavy (non-hydrogen) atoms. The Bertz CT molecular complexity index is 413. The normalized spacial score (nSPS) is 16.7. The van der Waals surface area contributed by atoms with Crippen molar-refractivity contribution >= 4 is 23.2 Å². The monoisotopic (exact) mass is 472 g/mol. The summed E-state index contributed by atoms with van der Waals surface area (Å²) in [5, 5.41) is 15.7. The van der Waals surface area contributed by atoms with Crippen molar-refractivity contribution in [3.8, 4) is 0 Å². The summed E-state index contributed by atoms with van der Waals surface area (Å²) in [6.45, 7) is 3.08. The molecule has 15 heteroatoms. The first-order valence-electron chi connectivity index (χ1n) is 7.41. The van der Waals surface area contributed by atoms with Crippen LogP contribution in [-0.2, 0) is 18.9 Å². The highest BCUT2D eigenvalue weighted by atomic mass is 35.5. The van der Waals surface area contributed by atoms with Gasteiger partial charge >= 0.3 is 22.8 Å². The minimum Gasteiger partial charge on any atom is -0.458 e. The van der Waals surface area contributed by atoms with Gasteiger partial charge in [-0.25, -0.2) is 0 Å². The van der Waals surface area contributed by atoms with Crippen molar-refractivity contribution in [2.24, 2.45) is 0 Å². The van der Waals surface area contributed by atoms with Gasteiger partial charge in [-0.3, -0.25) is 0 Å². The number of halogens is 8. The molecule has 7 nitrogen and oxygen atoms in total. The zero-order valence-electron chi connectivity index (χ0n) is 14.4. The van der Waals surface area contributed by atoms with Crippen LogP contribution in [-0.4, -0.2) is 71.7 Å². The lowest BCUT2D eigenvalue weighted by Gasteiger charge is -2.13. The smallest absolute Gasteiger partial charge is 0.371 e. The third-order valence-corrected chi connectivity index (χ3v) is 2.48. The molecule has 0 bridgehead atoms. The highest BCUT2D eigenvalue weighted by molar-refractivity contribution is 6.22. The van der Waals surface area contributed by atoms with Crippen molar-refractivity contribution in [2.45, 2.75) is 36.7 Å². The van der Waals surface area contributed by atoms with Crippen LogP contribution in [0.2, 0.25) is 0 Å². The van der Waals surface area contributed by atoms with Gasteiger partial charge in [0.25, 0.3) is 0 Å². The van der Waals surface area contributed by atoms with E-state index in [2.05, 4.69) is 42.1 Å². The SMILES string of the molecule is CCCO.FC(F)(Cl)C1OCCO1.FC(F)=C1OCCO1.OC(O)C(F)(F)Cl. The average Bonchev–Trinajstić information content (AvgIpc) is 3.28. The number of alkyl halides is 6. The van der Waals surface area contributed by atoms with Gasteiger partial charge in [0, 0.05) is 6.61 Å². The molecule has 2 saturated heterocycles. The van der Waals surface area contributed by atoms with E-state index in [1.165, 1.54) is 0 Å². The molecule has 0 atom stereocenters. The fourth-order valence-electron chi connectivity index (χ4n) is 0.967. The van der Waals surface area contributed by atoms with E-state index in [0.717, 1.165) is 6.42 Å². The molecule has 3 N–H and O–H groups in total. The predicted octanol–water partition coefficient (Wildman–Crippen LogP) is 2.81. The third-order valence-electron chi connectivity index (χ3n) is 2.11. The van der Waals surface area contributed by atoms with E-state index < -0.39 is 35.4 Å². The molecule has 0 aromatic heterocycles. The van der Waals surface area contributed by atoms with Crippen molar-refractivity contribution in [1.29, 1.82) is 0 Å². The van der Waals surface area contributed by atoms with E-state index in [9.17, 15) is 26.3 Å². The second-order valence-corrected chi connectivity index (χ2v) is 5.51. The Hall–Kier alpha value is -0.700. The quantitative estimate of drug-likeness (QED) is 0.330. The lowest BCUT2D eigenvalue weighted by atomic mass is 10.5. The van der Waals surface area contributed by atoms with E-state index in [-0.39, 0.29) is 26.4 Å². The van der Waals surface area contributed by atoms with Crippen LogP contribution < -0.4 is 0 Å². The Morgan fingerprint density at radius 3 is 1.54 bits per heavy atom. The number of rotatable bonds is 3. The van der Waals surface area contributed by atoms with Crippen LogP contribution in [0.4, 0.5) is 26.3 Å². The lowest BCUT2D eigenvalue weighted by Crippen LogP contribution is -2.27. The second-order valence-electron chi connectivity index (χ2n) is 4.50. The predicted molar refractivity (Wildman–Crippen MR) is 84.0 cm³/mol. The van der Waals surface area contributed by atoms with E-state index in [4.69, 9.17) is 15.3 Å². The lowest BCUT2D eigenvalue weighted by molar-refractivity contribution is -0.162. The maximum absolute atomic E-state index is 11.9. The van der Waals surface area contributed by atoms with Crippen molar-refractivity contribution in [2.75, 3.05) is 33.0 Å². The Labute approximate surface area is 166 Å². The molecule has 0 aromatic rings. The molecule has 0 spiro atoms. The number of aliphatic hydroxyl groups is 3. The molecule has 2 rings (SSSR count). The molecule has 2 heterocycles. The number of aliphatic hydroxyl groups excluding tert-OH is 2. The Morgan fingerprint density at radius 1 is 1.04 bits per heavy atom. The van der Waals surface area contributed by atoms with E-state index >= 15 is 0 Å². The van der Waals surface area contributed by atoms with Gasteiger partial charge in [0.2, 0.25) is 12.6 Å². The van der Waals surface area contributed by atoms with Crippen LogP contribution in [0.3, 0.4) is 0 Å². The summed E-state index contributed by atoms with van der Waals surface area (Å²) in [7, 11) is 0. The first kappa shape index (κ1) is 29.5. The van der Waals surface area contributed by atoms with Crippen molar-refractivity contribution in [3.63, 3.8) is 0 Å². The van der Waals surface area contributed by atoms with Gasteiger partial charge in [0.05, 0.1) is 13.2 Å². The molecular formula is C13H20Cl2F6O7. The summed E-state index contributed by atoms with van der Waals surface area (Å²) < 4.78 is 86.3. The first-order valence-corrected chi connectivity index (χ1v) is 8.17. The summed E-state index contributed by atoms with van der Waals surface area (Å²) >= 11 is 8.59. The second kappa shape index (κ2) is 15.2. The van der Waals surface area contributed by atoms with E-state index in [1.54, 1.807) is 0 Å². The van der Waals surface area contributed by atoms with Crippen LogP contribution >= 0.6 is 23.2 Å². The Morgan fingerprint density at radius 2 is 1.39 bits per heavy atom. The molecule has 0 radical (unpaired) electrons. The van der Waals surface area contributed by atoms with Gasteiger partial charge in [-0.15, -0.1) is 0 Å². The maximum Gasteiger partial charge on any atom is 0.371 e. The minimum absolute atomic E-state index is 0.187. The fourth-order valence-corrected chi connectivity index (χ4v) is 1.09. The van der Waals surface area contributed by atoms with Crippen LogP contribution in [0.15, 0.2) is 12.0 Å². The number of ether oxygens (including phenoxy) is 4. The maximum atomic E-state index is 11.9. The summed E-state index contributed by atoms with van der Waals surface area (Å²) in [5.41, 5.74) is 0. The van der Waals surface area contributed by atoms with Gasteiger partial charge in [-0.05, 0) is 29.6 Å². The van der Waals surface area contributed by atoms with Crippen molar-refractivity contribution in [1.82, 2.24) is 0 Å². The summed E-state index contributed by atoms with van der Waals surface area (Å²) in [5.74, 6) is -0.620. The minimum atomic E-state index is -3.92. The summed E-state index contributed by atoms with van der Waals surface area (Å²) in [6.07, 6.45) is -5.34. The fraction of sp³-hybridized carbons (Fsp3) is 0.846. The molecule has 2 aliphatic heterocycles. The average molecular weight is 473 g/mol. The third kappa shape index (κ3) is 16.3. The summed E-state index contributed by atoms with van der Waals surface area (Å²) in [6, 6.07) is 0. The van der Waals surface area contributed by atoms with Gasteiger partial charge in [-0.2, -0.15) is 26.3 Å². The van der Waals surface area contributed by atoms with Gasteiger partial charge in [0.15, 0.2) is 0 Å². The first-order chi connectivity index (χ1) is 12.8. The number of hydrogen-bond acceptors (Lipinski definition) is 7. The molecule has 2 aliphatic rings. The largest absolute Gasteiger partial charge is 0.458 e. The molecule has 0 aromatic carbocycles. The van der Waals surface area contributed by atoms with Crippen LogP contribution in [0.1, 0.15) is 13.3 Å². The van der Waals surface area contributed by atoms with Crippen molar-refractivity contribution in [3.05, 3.63) is 12.0 Å². The summed E-state index contributed by atoms with van der Waals surface area (Å²) in [4.78, 5) is 0. The molecule has 2 fully saturated rings. The standard InChI is InChI=1S/C4H5ClF2O2.C4H4F2O2.C3H8O.C2H3ClF2O2/c5-4(6,7)3-8-1-2-9-3;5-3(6)4-7-1-2-8-4;1-2-3-4;3-2(4,5)1(6)7/h3H,1-2H2;1-2H2;4H,2-3H2,1H3;1,6-7H. The Kier molecular flexibility index (Phi) is 16.0. The van der Waals surface area contributed by atoms with Crippen molar-refractivity contribution < 1.29 is 60.6 Å². The highest BCUT2D eigenvalue weighted by Gasteiger charge is 2.41. The molecular weight excluding hydrogens is 453 g/mol. The Balaban J connectivity index is 0. The van der Waals surface area contributed by atoms with E-state index in [1.807, 2.05) is 6.92 Å². The molecule has 0 aliphatic carbocycles. The van der Waals surface area contributed by atoms with Crippen LogP contribution in [0.25, 0.3) is 0 Å². The van der Waals surface area contributed by atoms with Gasteiger partial charge < -0.3 is 34.3 Å². The molecule has 0 unspecified atom stereocenters. The van der Waals surface area contributed by atoms with E-state index in [0.29, 0.717) is 6.61 Å². The van der Waals surface area contributed by atoms with Gasteiger partial charge in [-0.1, -0.05) is 6.92 Å². The van der Waals surface area contributed by atoms with Crippen LogP contribution in [0, 0.1) is 0 Å². The zero-order chi connectivity index (χ0) is 22.4. The zero-order valence-corrected chi connectivity index (χ0v) is 15.9. The van der Waals surface area contributed by atoms with Gasteiger partial charge in [0.1, 0.15) is 13.2 Å². The number of hydrogen-bond donors (Lipinski definition) is 3.